The maximum Gasteiger partial charge on any atom is 0.343 e. The maximum absolute atomic E-state index is 12.1. The van der Waals surface area contributed by atoms with Gasteiger partial charge in [-0.3, -0.25) is 4.79 Å². The first kappa shape index (κ1) is 15.1. The number of carboxylic acids is 1. The molecule has 23 heavy (non-hydrogen) atoms. The highest BCUT2D eigenvalue weighted by Crippen LogP contribution is 2.25. The van der Waals surface area contributed by atoms with Gasteiger partial charge in [0, 0.05) is 17.0 Å². The molecule has 0 bridgehead atoms. The monoisotopic (exact) mass is 328 g/mol. The lowest BCUT2D eigenvalue weighted by atomic mass is 10.1. The molecule has 116 valence electrons. The van der Waals surface area contributed by atoms with Crippen LogP contribution in [0.25, 0.3) is 10.9 Å². The number of carbonyl (C=O) groups is 1. The van der Waals surface area contributed by atoms with Crippen LogP contribution in [0.15, 0.2) is 53.3 Å². The van der Waals surface area contributed by atoms with Gasteiger partial charge < -0.3 is 15.4 Å². The van der Waals surface area contributed by atoms with Gasteiger partial charge in [0.05, 0.1) is 11.2 Å². The quantitative estimate of drug-likeness (QED) is 0.684. The highest BCUT2D eigenvalue weighted by molar-refractivity contribution is 6.31. The Balaban J connectivity index is 2.11. The number of para-hydroxylation sites is 1. The summed E-state index contributed by atoms with van der Waals surface area (Å²) in [6.07, 6.45) is 0. The summed E-state index contributed by atoms with van der Waals surface area (Å²) >= 11 is 6.12. The molecule has 0 fully saturated rings. The van der Waals surface area contributed by atoms with Crippen LogP contribution in [0.2, 0.25) is 5.02 Å². The molecule has 0 spiro atoms. The van der Waals surface area contributed by atoms with Crippen molar-refractivity contribution in [3.05, 3.63) is 75.0 Å². The van der Waals surface area contributed by atoms with Crippen molar-refractivity contribution in [1.29, 1.82) is 0 Å². The third-order valence-corrected chi connectivity index (χ3v) is 3.92. The van der Waals surface area contributed by atoms with E-state index in [1.54, 1.807) is 30.3 Å². The van der Waals surface area contributed by atoms with Crippen molar-refractivity contribution < 1.29 is 9.90 Å². The first-order valence-corrected chi connectivity index (χ1v) is 7.31. The molecule has 1 heterocycles. The third kappa shape index (κ3) is 2.91. The van der Waals surface area contributed by atoms with Crippen molar-refractivity contribution in [2.45, 2.75) is 6.54 Å². The number of anilines is 1. The summed E-state index contributed by atoms with van der Waals surface area (Å²) in [4.78, 5) is 26.1. The summed E-state index contributed by atoms with van der Waals surface area (Å²) in [6.45, 7) is 0.313. The number of aromatic nitrogens is 1. The zero-order chi connectivity index (χ0) is 16.4. The number of fused-ring (bicyclic) bond motifs is 1. The average Bonchev–Trinajstić information content (AvgIpc) is 2.53. The second-order valence-corrected chi connectivity index (χ2v) is 5.41. The molecule has 3 N–H and O–H groups in total. The molecule has 0 aliphatic rings. The molecular formula is C17H13ClN2O3. The van der Waals surface area contributed by atoms with Crippen molar-refractivity contribution in [2.75, 3.05) is 5.32 Å². The normalized spacial score (nSPS) is 10.7. The van der Waals surface area contributed by atoms with Crippen LogP contribution in [-0.4, -0.2) is 16.1 Å². The Morgan fingerprint density at radius 3 is 2.57 bits per heavy atom. The smallest absolute Gasteiger partial charge is 0.343 e. The molecule has 6 heteroatoms. The predicted molar refractivity (Wildman–Crippen MR) is 90.3 cm³/mol. The predicted octanol–water partition coefficient (Wildman–Crippen LogP) is 3.49. The Morgan fingerprint density at radius 2 is 1.83 bits per heavy atom. The molecule has 2 aromatic carbocycles. The summed E-state index contributed by atoms with van der Waals surface area (Å²) in [6, 6.07) is 14.3. The molecule has 0 saturated carbocycles. The number of nitrogens with one attached hydrogen (secondary N) is 2. The molecule has 0 saturated heterocycles. The van der Waals surface area contributed by atoms with Crippen LogP contribution in [0.5, 0.6) is 0 Å². The summed E-state index contributed by atoms with van der Waals surface area (Å²) in [5.74, 6) is -1.28. The highest BCUT2D eigenvalue weighted by Gasteiger charge is 2.18. The van der Waals surface area contributed by atoms with Crippen LogP contribution in [0.1, 0.15) is 15.9 Å². The van der Waals surface area contributed by atoms with Gasteiger partial charge in [-0.15, -0.1) is 0 Å². The number of carboxylic acid groups (broad SMARTS) is 1. The van der Waals surface area contributed by atoms with E-state index in [4.69, 9.17) is 11.6 Å². The molecule has 0 atom stereocenters. The largest absolute Gasteiger partial charge is 0.477 e. The fourth-order valence-electron chi connectivity index (χ4n) is 2.46. The van der Waals surface area contributed by atoms with E-state index in [-0.39, 0.29) is 11.3 Å². The lowest BCUT2D eigenvalue weighted by Gasteiger charge is -2.13. The summed E-state index contributed by atoms with van der Waals surface area (Å²) in [7, 11) is 0. The number of hydrogen-bond donors (Lipinski definition) is 3. The second kappa shape index (κ2) is 6.14. The van der Waals surface area contributed by atoms with Gasteiger partial charge in [-0.05, 0) is 17.7 Å². The minimum atomic E-state index is -1.28. The summed E-state index contributed by atoms with van der Waals surface area (Å²) < 4.78 is 0. The Hall–Kier alpha value is -2.79. The molecule has 0 aliphatic carbocycles. The van der Waals surface area contributed by atoms with E-state index >= 15 is 0 Å². The van der Waals surface area contributed by atoms with Gasteiger partial charge in [0.25, 0.3) is 5.56 Å². The van der Waals surface area contributed by atoms with E-state index < -0.39 is 11.5 Å². The third-order valence-electron chi connectivity index (χ3n) is 3.55. The molecule has 0 radical (unpaired) electrons. The number of rotatable bonds is 4. The maximum atomic E-state index is 12.1. The number of H-pyrrole nitrogens is 1. The van der Waals surface area contributed by atoms with Crippen LogP contribution in [0.4, 0.5) is 5.69 Å². The van der Waals surface area contributed by atoms with Gasteiger partial charge in [0.2, 0.25) is 0 Å². The molecular weight excluding hydrogens is 316 g/mol. The Labute approximate surface area is 136 Å². The van der Waals surface area contributed by atoms with Gasteiger partial charge in [-0.25, -0.2) is 4.79 Å². The van der Waals surface area contributed by atoms with E-state index in [2.05, 4.69) is 10.3 Å². The van der Waals surface area contributed by atoms with Gasteiger partial charge >= 0.3 is 5.97 Å². The average molecular weight is 329 g/mol. The molecule has 3 aromatic rings. The van der Waals surface area contributed by atoms with E-state index in [0.717, 1.165) is 5.56 Å². The lowest BCUT2D eigenvalue weighted by Crippen LogP contribution is -2.21. The molecule has 1 aromatic heterocycles. The van der Waals surface area contributed by atoms with E-state index in [1.165, 1.54) is 0 Å². The Morgan fingerprint density at radius 1 is 1.13 bits per heavy atom. The minimum Gasteiger partial charge on any atom is -0.477 e. The van der Waals surface area contributed by atoms with Gasteiger partial charge in [0.1, 0.15) is 5.56 Å². The van der Waals surface area contributed by atoms with Crippen molar-refractivity contribution >= 4 is 34.2 Å². The zero-order valence-corrected chi connectivity index (χ0v) is 12.7. The van der Waals surface area contributed by atoms with Gasteiger partial charge in [-0.2, -0.15) is 0 Å². The molecule has 0 unspecified atom stereocenters. The summed E-state index contributed by atoms with van der Waals surface area (Å²) in [5.41, 5.74) is 0.726. The fourth-order valence-corrected chi connectivity index (χ4v) is 2.66. The fraction of sp³-hybridized carbons (Fsp3) is 0.0588. The van der Waals surface area contributed by atoms with E-state index in [9.17, 15) is 14.7 Å². The van der Waals surface area contributed by atoms with E-state index in [1.807, 2.05) is 18.2 Å². The topological polar surface area (TPSA) is 82.2 Å². The number of benzene rings is 2. The lowest BCUT2D eigenvalue weighted by molar-refractivity contribution is 0.0696. The Kier molecular flexibility index (Phi) is 4.04. The van der Waals surface area contributed by atoms with Crippen molar-refractivity contribution in [3.8, 4) is 0 Å². The molecule has 5 nitrogen and oxygen atoms in total. The van der Waals surface area contributed by atoms with Crippen LogP contribution >= 0.6 is 11.6 Å². The number of aromatic carboxylic acids is 1. The van der Waals surface area contributed by atoms with Crippen LogP contribution < -0.4 is 10.9 Å². The van der Waals surface area contributed by atoms with Crippen molar-refractivity contribution in [2.24, 2.45) is 0 Å². The SMILES string of the molecule is O=C(O)c1c(NCc2ccccc2Cl)c2ccccc2[nH]c1=O. The van der Waals surface area contributed by atoms with Gasteiger partial charge in [0.15, 0.2) is 0 Å². The number of halogens is 1. The van der Waals surface area contributed by atoms with Gasteiger partial charge in [-0.1, -0.05) is 48.0 Å². The highest BCUT2D eigenvalue weighted by atomic mass is 35.5. The molecule has 0 aliphatic heterocycles. The Bertz CT molecular complexity index is 950. The standard InChI is InChI=1S/C17H13ClN2O3/c18-12-7-3-1-5-10(12)9-19-15-11-6-2-4-8-13(11)20-16(21)14(15)17(22)23/h1-8H,9H2,(H,22,23)(H2,19,20,21). The first-order chi connectivity index (χ1) is 11.1. The van der Waals surface area contributed by atoms with E-state index in [0.29, 0.717) is 22.5 Å². The summed E-state index contributed by atoms with van der Waals surface area (Å²) in [5, 5.41) is 13.6. The molecule has 3 rings (SSSR count). The molecule has 0 amide bonds. The minimum absolute atomic E-state index is 0.289. The van der Waals surface area contributed by atoms with Crippen LogP contribution in [-0.2, 0) is 6.54 Å². The first-order valence-electron chi connectivity index (χ1n) is 6.93. The van der Waals surface area contributed by atoms with Crippen LogP contribution in [0, 0.1) is 0 Å². The van der Waals surface area contributed by atoms with Crippen molar-refractivity contribution in [3.63, 3.8) is 0 Å². The number of pyridine rings is 1. The zero-order valence-electron chi connectivity index (χ0n) is 12.0. The number of aromatic amines is 1. The second-order valence-electron chi connectivity index (χ2n) is 5.00. The number of hydrogen-bond acceptors (Lipinski definition) is 3. The van der Waals surface area contributed by atoms with Crippen LogP contribution in [0.3, 0.4) is 0 Å². The van der Waals surface area contributed by atoms with Crippen molar-refractivity contribution in [1.82, 2.24) is 4.98 Å².